The maximum Gasteiger partial charge on any atom is 0.258 e. The SMILES string of the molecule is Cc1ccccc1NC(=O)c1ccc(CN(C)C[C@@H]2OCCCC[C@@H](C)Oc3ccc(N(C)C)cc3C(=O)N([C@H](C)CO)C[C@@H]2C)cc1. The van der Waals surface area contributed by atoms with Gasteiger partial charge in [-0.05, 0) is 94.6 Å². The van der Waals surface area contributed by atoms with Crippen LogP contribution in [0.25, 0.3) is 0 Å². The zero-order valence-electron chi connectivity index (χ0n) is 29.7. The van der Waals surface area contributed by atoms with Crippen molar-refractivity contribution in [1.82, 2.24) is 9.80 Å². The summed E-state index contributed by atoms with van der Waals surface area (Å²) in [5.74, 6) is 0.263. The van der Waals surface area contributed by atoms with E-state index in [1.165, 1.54) is 0 Å². The van der Waals surface area contributed by atoms with E-state index in [0.717, 1.165) is 41.8 Å². The van der Waals surface area contributed by atoms with E-state index < -0.39 is 0 Å². The van der Waals surface area contributed by atoms with Crippen LogP contribution in [0.3, 0.4) is 0 Å². The average molecular weight is 659 g/mol. The molecule has 1 aliphatic heterocycles. The standard InChI is InChI=1S/C39H54N4O5/c1-27-12-8-9-14-35(27)40-38(45)32-17-15-31(16-18-32)24-42(7)25-37-28(2)23-43(29(3)26-44)39(46)34-22-33(41(5)6)19-20-36(34)48-30(4)13-10-11-21-47-37/h8-9,12,14-20,22,28-30,37,44H,10-11,13,21,23-26H2,1-7H3,(H,40,45)/t28-,29+,30+,37-/m0/s1. The molecule has 0 spiro atoms. The minimum absolute atomic E-state index is 0.0128. The van der Waals surface area contributed by atoms with Crippen LogP contribution in [0.4, 0.5) is 11.4 Å². The highest BCUT2D eigenvalue weighted by atomic mass is 16.5. The van der Waals surface area contributed by atoms with Gasteiger partial charge in [-0.1, -0.05) is 37.3 Å². The highest BCUT2D eigenvalue weighted by Crippen LogP contribution is 2.29. The van der Waals surface area contributed by atoms with Gasteiger partial charge in [0.1, 0.15) is 5.75 Å². The first kappa shape index (κ1) is 36.9. The number of carbonyl (C=O) groups is 2. The van der Waals surface area contributed by atoms with Gasteiger partial charge in [-0.3, -0.25) is 14.5 Å². The lowest BCUT2D eigenvalue weighted by Gasteiger charge is -2.36. The second-order valence-electron chi connectivity index (χ2n) is 13.5. The molecule has 3 aromatic rings. The molecule has 260 valence electrons. The van der Waals surface area contributed by atoms with Crippen LogP contribution in [0.5, 0.6) is 5.75 Å². The second kappa shape index (κ2) is 17.5. The molecule has 9 nitrogen and oxygen atoms in total. The van der Waals surface area contributed by atoms with Gasteiger partial charge in [-0.25, -0.2) is 0 Å². The van der Waals surface area contributed by atoms with E-state index in [0.29, 0.717) is 43.1 Å². The molecule has 0 aliphatic carbocycles. The number of para-hydroxylation sites is 1. The molecule has 4 atom stereocenters. The predicted molar refractivity (Wildman–Crippen MR) is 193 cm³/mol. The molecule has 0 aromatic heterocycles. The number of anilines is 2. The van der Waals surface area contributed by atoms with E-state index in [2.05, 4.69) is 24.2 Å². The largest absolute Gasteiger partial charge is 0.490 e. The number of fused-ring (bicyclic) bond motifs is 1. The van der Waals surface area contributed by atoms with Gasteiger partial charge in [0, 0.05) is 63.2 Å². The Balaban J connectivity index is 1.49. The van der Waals surface area contributed by atoms with Crippen molar-refractivity contribution >= 4 is 23.2 Å². The van der Waals surface area contributed by atoms with E-state index >= 15 is 0 Å². The third kappa shape index (κ3) is 10.0. The van der Waals surface area contributed by atoms with Crippen molar-refractivity contribution in [1.29, 1.82) is 0 Å². The van der Waals surface area contributed by atoms with E-state index in [4.69, 9.17) is 9.47 Å². The molecule has 0 fully saturated rings. The van der Waals surface area contributed by atoms with E-state index in [1.54, 1.807) is 4.90 Å². The van der Waals surface area contributed by atoms with Crippen molar-refractivity contribution in [3.05, 3.63) is 89.0 Å². The number of aliphatic hydroxyl groups excluding tert-OH is 1. The van der Waals surface area contributed by atoms with Crippen LogP contribution >= 0.6 is 0 Å². The highest BCUT2D eigenvalue weighted by molar-refractivity contribution is 6.04. The Morgan fingerprint density at radius 1 is 1.04 bits per heavy atom. The fraction of sp³-hybridized carbons (Fsp3) is 0.487. The zero-order chi connectivity index (χ0) is 34.8. The summed E-state index contributed by atoms with van der Waals surface area (Å²) in [6.07, 6.45) is 2.51. The molecule has 48 heavy (non-hydrogen) atoms. The maximum atomic E-state index is 14.2. The lowest BCUT2D eigenvalue weighted by atomic mass is 10.0. The van der Waals surface area contributed by atoms with Crippen molar-refractivity contribution in [2.75, 3.05) is 57.7 Å². The first-order valence-electron chi connectivity index (χ1n) is 17.1. The summed E-state index contributed by atoms with van der Waals surface area (Å²) in [7, 11) is 5.97. The zero-order valence-corrected chi connectivity index (χ0v) is 29.7. The molecule has 0 unspecified atom stereocenters. The molecule has 0 radical (unpaired) electrons. The van der Waals surface area contributed by atoms with Gasteiger partial charge < -0.3 is 29.7 Å². The molecule has 3 aromatic carbocycles. The first-order valence-corrected chi connectivity index (χ1v) is 17.1. The third-order valence-corrected chi connectivity index (χ3v) is 9.11. The molecule has 0 saturated heterocycles. The molecule has 2 N–H and O–H groups in total. The van der Waals surface area contributed by atoms with Crippen LogP contribution < -0.4 is 15.0 Å². The van der Waals surface area contributed by atoms with Crippen molar-refractivity contribution < 1.29 is 24.2 Å². The van der Waals surface area contributed by atoms with Gasteiger partial charge >= 0.3 is 0 Å². The fourth-order valence-corrected chi connectivity index (χ4v) is 6.00. The predicted octanol–water partition coefficient (Wildman–Crippen LogP) is 6.24. The Hall–Kier alpha value is -3.92. The van der Waals surface area contributed by atoms with Crippen LogP contribution in [0, 0.1) is 12.8 Å². The summed E-state index contributed by atoms with van der Waals surface area (Å²) in [5.41, 5.74) is 4.93. The first-order chi connectivity index (χ1) is 23.0. The second-order valence-corrected chi connectivity index (χ2v) is 13.5. The number of likely N-dealkylation sites (N-methyl/N-ethyl adjacent to an activating group) is 1. The summed E-state index contributed by atoms with van der Waals surface area (Å²) in [5, 5.41) is 13.2. The number of nitrogens with zero attached hydrogens (tertiary/aromatic N) is 3. The highest BCUT2D eigenvalue weighted by Gasteiger charge is 2.30. The topological polar surface area (TPSA) is 94.6 Å². The number of benzene rings is 3. The van der Waals surface area contributed by atoms with E-state index in [1.807, 2.05) is 106 Å². The molecule has 0 saturated carbocycles. The molecule has 1 heterocycles. The molecule has 9 heteroatoms. The van der Waals surface area contributed by atoms with Crippen LogP contribution in [-0.4, -0.2) is 92.4 Å². The van der Waals surface area contributed by atoms with Crippen molar-refractivity contribution in [3.63, 3.8) is 0 Å². The molecule has 1 aliphatic rings. The van der Waals surface area contributed by atoms with Gasteiger partial charge in [0.25, 0.3) is 11.8 Å². The Morgan fingerprint density at radius 2 is 1.77 bits per heavy atom. The molecular formula is C39H54N4O5. The van der Waals surface area contributed by atoms with Crippen molar-refractivity contribution in [2.24, 2.45) is 5.92 Å². The number of hydrogen-bond donors (Lipinski definition) is 2. The number of hydrogen-bond acceptors (Lipinski definition) is 7. The van der Waals surface area contributed by atoms with Gasteiger partial charge in [0.05, 0.1) is 30.4 Å². The Bertz CT molecular complexity index is 1490. The Kier molecular flexibility index (Phi) is 13.4. The summed E-state index contributed by atoms with van der Waals surface area (Å²) in [6, 6.07) is 20.8. The molecular weight excluding hydrogens is 604 g/mol. The summed E-state index contributed by atoms with van der Waals surface area (Å²) in [6.45, 7) is 10.2. The fourth-order valence-electron chi connectivity index (χ4n) is 6.00. The van der Waals surface area contributed by atoms with Gasteiger partial charge in [-0.15, -0.1) is 0 Å². The van der Waals surface area contributed by atoms with E-state index in [9.17, 15) is 14.7 Å². The summed E-state index contributed by atoms with van der Waals surface area (Å²) in [4.78, 5) is 33.1. The Labute approximate surface area is 286 Å². The lowest BCUT2D eigenvalue weighted by Crippen LogP contribution is -2.47. The van der Waals surface area contributed by atoms with Crippen molar-refractivity contribution in [2.45, 2.75) is 71.8 Å². The number of aryl methyl sites for hydroxylation is 1. The molecule has 2 amide bonds. The summed E-state index contributed by atoms with van der Waals surface area (Å²) < 4.78 is 12.9. The van der Waals surface area contributed by atoms with Crippen LogP contribution in [0.1, 0.15) is 71.9 Å². The number of amides is 2. The number of ether oxygens (including phenoxy) is 2. The Morgan fingerprint density at radius 3 is 2.46 bits per heavy atom. The minimum Gasteiger partial charge on any atom is -0.490 e. The number of nitrogens with one attached hydrogen (secondary N) is 1. The lowest BCUT2D eigenvalue weighted by molar-refractivity contribution is -0.0177. The number of rotatable bonds is 9. The van der Waals surface area contributed by atoms with Gasteiger partial charge in [0.2, 0.25) is 0 Å². The smallest absolute Gasteiger partial charge is 0.258 e. The number of aliphatic hydroxyl groups is 1. The minimum atomic E-state index is -0.388. The number of carbonyl (C=O) groups excluding carboxylic acids is 2. The van der Waals surface area contributed by atoms with Gasteiger partial charge in [-0.2, -0.15) is 0 Å². The summed E-state index contributed by atoms with van der Waals surface area (Å²) >= 11 is 0. The maximum absolute atomic E-state index is 14.2. The van der Waals surface area contributed by atoms with Crippen molar-refractivity contribution in [3.8, 4) is 5.75 Å². The molecule has 4 rings (SSSR count). The quantitative estimate of drug-likeness (QED) is 0.281. The van der Waals surface area contributed by atoms with E-state index in [-0.39, 0.29) is 42.6 Å². The average Bonchev–Trinajstić information content (AvgIpc) is 3.06. The molecule has 0 bridgehead atoms. The van der Waals surface area contributed by atoms with Crippen LogP contribution in [0.2, 0.25) is 0 Å². The monoisotopic (exact) mass is 658 g/mol. The van der Waals surface area contributed by atoms with Crippen LogP contribution in [-0.2, 0) is 11.3 Å². The normalized spacial score (nSPS) is 20.0. The third-order valence-electron chi connectivity index (χ3n) is 9.11. The van der Waals surface area contributed by atoms with Crippen LogP contribution in [0.15, 0.2) is 66.7 Å². The van der Waals surface area contributed by atoms with Gasteiger partial charge in [0.15, 0.2) is 0 Å².